The van der Waals surface area contributed by atoms with Crippen molar-refractivity contribution < 1.29 is 13.3 Å². The molecule has 14 heavy (non-hydrogen) atoms. The molecule has 2 aliphatic heterocycles. The van der Waals surface area contributed by atoms with Crippen molar-refractivity contribution in [1.82, 2.24) is 8.77 Å². The zero-order valence-electron chi connectivity index (χ0n) is 8.18. The van der Waals surface area contributed by atoms with Gasteiger partial charge in [0.25, 0.3) is 0 Å². The molecule has 0 N–H and O–H groups in total. The number of nitrogens with zero attached hydrogens (tertiary/aromatic N) is 2. The van der Waals surface area contributed by atoms with E-state index in [0.717, 1.165) is 30.2 Å². The molecule has 0 spiro atoms. The molecule has 0 aromatic heterocycles. The summed E-state index contributed by atoms with van der Waals surface area (Å²) in [4.78, 5) is 5.16. The van der Waals surface area contributed by atoms with E-state index in [2.05, 4.69) is 0 Å². The lowest BCUT2D eigenvalue weighted by atomic mass is 10.3. The predicted molar refractivity (Wildman–Crippen MR) is 51.6 cm³/mol. The van der Waals surface area contributed by atoms with Crippen LogP contribution in [0.1, 0.15) is 25.7 Å². The molecule has 0 aliphatic carbocycles. The van der Waals surface area contributed by atoms with Crippen LogP contribution in [0.5, 0.6) is 0 Å². The molecule has 0 amide bonds. The van der Waals surface area contributed by atoms with Crippen LogP contribution >= 0.6 is 0 Å². The average Bonchev–Trinajstić information content (AvgIpc) is 2.72. The van der Waals surface area contributed by atoms with Gasteiger partial charge in [-0.3, -0.25) is 4.84 Å². The summed E-state index contributed by atoms with van der Waals surface area (Å²) in [7, 11) is -3.32. The predicted octanol–water partition coefficient (Wildman–Crippen LogP) is 0.354. The molecule has 2 heterocycles. The summed E-state index contributed by atoms with van der Waals surface area (Å²) in [5.74, 6) is 0. The van der Waals surface area contributed by atoms with Crippen molar-refractivity contribution in [1.29, 1.82) is 0 Å². The standard InChI is InChI=1S/C8H16N2O3S/c11-14(12,9-5-1-2-6-9)10-7-3-4-8-13-10/h1-8H2. The highest BCUT2D eigenvalue weighted by Gasteiger charge is 2.33. The summed E-state index contributed by atoms with van der Waals surface area (Å²) in [6, 6.07) is 0. The van der Waals surface area contributed by atoms with Crippen LogP contribution in [0.15, 0.2) is 0 Å². The minimum atomic E-state index is -3.32. The highest BCUT2D eigenvalue weighted by molar-refractivity contribution is 7.86. The summed E-state index contributed by atoms with van der Waals surface area (Å²) in [5, 5.41) is 0. The zero-order chi connectivity index (χ0) is 10.0. The fraction of sp³-hybridized carbons (Fsp3) is 1.00. The van der Waals surface area contributed by atoms with Crippen molar-refractivity contribution in [2.45, 2.75) is 25.7 Å². The van der Waals surface area contributed by atoms with Gasteiger partial charge in [-0.15, -0.1) is 0 Å². The van der Waals surface area contributed by atoms with Crippen LogP contribution in [0.4, 0.5) is 0 Å². The molecule has 0 unspecified atom stereocenters. The maximum Gasteiger partial charge on any atom is 0.304 e. The van der Waals surface area contributed by atoms with Gasteiger partial charge in [-0.25, -0.2) is 0 Å². The molecule has 0 radical (unpaired) electrons. The first-order valence-electron chi connectivity index (χ1n) is 5.12. The molecule has 6 heteroatoms. The Morgan fingerprint density at radius 1 is 0.929 bits per heavy atom. The monoisotopic (exact) mass is 220 g/mol. The molecule has 0 aromatic rings. The van der Waals surface area contributed by atoms with Crippen LogP contribution in [0, 0.1) is 0 Å². The summed E-state index contributed by atoms with van der Waals surface area (Å²) in [5.41, 5.74) is 0. The van der Waals surface area contributed by atoms with E-state index in [9.17, 15) is 8.42 Å². The number of hydrogen-bond donors (Lipinski definition) is 0. The smallest absolute Gasteiger partial charge is 0.283 e. The molecule has 0 bridgehead atoms. The summed E-state index contributed by atoms with van der Waals surface area (Å²) in [6.45, 7) is 2.30. The van der Waals surface area contributed by atoms with E-state index in [-0.39, 0.29) is 0 Å². The number of hydrogen-bond acceptors (Lipinski definition) is 3. The van der Waals surface area contributed by atoms with Crippen LogP contribution in [0.3, 0.4) is 0 Å². The minimum absolute atomic E-state index is 0.499. The van der Waals surface area contributed by atoms with Crippen LogP contribution in [-0.4, -0.2) is 43.4 Å². The molecule has 0 saturated carbocycles. The Morgan fingerprint density at radius 2 is 1.57 bits per heavy atom. The van der Waals surface area contributed by atoms with Crippen molar-refractivity contribution in [3.8, 4) is 0 Å². The Morgan fingerprint density at radius 3 is 2.14 bits per heavy atom. The van der Waals surface area contributed by atoms with Crippen molar-refractivity contribution in [2.24, 2.45) is 0 Å². The Labute approximate surface area is 84.8 Å². The second kappa shape index (κ2) is 4.14. The van der Waals surface area contributed by atoms with Gasteiger partial charge in [0.2, 0.25) is 0 Å². The van der Waals surface area contributed by atoms with Gasteiger partial charge in [0.05, 0.1) is 6.61 Å². The van der Waals surface area contributed by atoms with Crippen molar-refractivity contribution in [2.75, 3.05) is 26.2 Å². The molecule has 0 atom stereocenters. The molecule has 5 nitrogen and oxygen atoms in total. The summed E-state index contributed by atoms with van der Waals surface area (Å²) in [6.07, 6.45) is 3.78. The van der Waals surface area contributed by atoms with E-state index >= 15 is 0 Å². The Kier molecular flexibility index (Phi) is 3.06. The largest absolute Gasteiger partial charge is 0.304 e. The third kappa shape index (κ3) is 1.93. The maximum absolute atomic E-state index is 11.9. The second-order valence-corrected chi connectivity index (χ2v) is 5.50. The molecule has 82 valence electrons. The van der Waals surface area contributed by atoms with E-state index in [1.54, 1.807) is 0 Å². The molecular weight excluding hydrogens is 204 g/mol. The van der Waals surface area contributed by atoms with Crippen LogP contribution in [0.2, 0.25) is 0 Å². The average molecular weight is 220 g/mol. The van der Waals surface area contributed by atoms with E-state index < -0.39 is 10.2 Å². The van der Waals surface area contributed by atoms with Gasteiger partial charge in [-0.1, -0.05) is 4.47 Å². The Bertz CT molecular complexity index is 279. The first-order chi connectivity index (χ1) is 6.71. The molecule has 2 aliphatic rings. The third-order valence-corrected chi connectivity index (χ3v) is 4.44. The van der Waals surface area contributed by atoms with Crippen LogP contribution < -0.4 is 0 Å². The lowest BCUT2D eigenvalue weighted by Gasteiger charge is -2.28. The fourth-order valence-electron chi connectivity index (χ4n) is 1.80. The lowest BCUT2D eigenvalue weighted by molar-refractivity contribution is -0.112. The molecular formula is C8H16N2O3S. The van der Waals surface area contributed by atoms with E-state index in [1.807, 2.05) is 0 Å². The van der Waals surface area contributed by atoms with E-state index in [4.69, 9.17) is 4.84 Å². The first kappa shape index (κ1) is 10.4. The van der Waals surface area contributed by atoms with E-state index in [0.29, 0.717) is 26.2 Å². The van der Waals surface area contributed by atoms with Gasteiger partial charge in [0.1, 0.15) is 0 Å². The Hall–Kier alpha value is -0.170. The number of rotatable bonds is 2. The van der Waals surface area contributed by atoms with Crippen LogP contribution in [-0.2, 0) is 15.0 Å². The van der Waals surface area contributed by atoms with Crippen molar-refractivity contribution >= 4 is 10.2 Å². The summed E-state index contributed by atoms with van der Waals surface area (Å²) < 4.78 is 26.5. The SMILES string of the molecule is O=S(=O)(N1CCCC1)N1CCCCO1. The fourth-order valence-corrected chi connectivity index (χ4v) is 3.35. The third-order valence-electron chi connectivity index (χ3n) is 2.62. The maximum atomic E-state index is 11.9. The zero-order valence-corrected chi connectivity index (χ0v) is 9.00. The quantitative estimate of drug-likeness (QED) is 0.675. The lowest BCUT2D eigenvalue weighted by Crippen LogP contribution is -2.44. The van der Waals surface area contributed by atoms with Gasteiger partial charge in [0.15, 0.2) is 0 Å². The highest BCUT2D eigenvalue weighted by Crippen LogP contribution is 2.19. The van der Waals surface area contributed by atoms with Crippen molar-refractivity contribution in [3.63, 3.8) is 0 Å². The topological polar surface area (TPSA) is 49.9 Å². The second-order valence-electron chi connectivity index (χ2n) is 3.68. The van der Waals surface area contributed by atoms with Gasteiger partial charge >= 0.3 is 10.2 Å². The number of hydroxylamine groups is 1. The summed E-state index contributed by atoms with van der Waals surface area (Å²) >= 11 is 0. The first-order valence-corrected chi connectivity index (χ1v) is 6.52. The van der Waals surface area contributed by atoms with Gasteiger partial charge in [0, 0.05) is 19.6 Å². The van der Waals surface area contributed by atoms with Gasteiger partial charge < -0.3 is 0 Å². The molecule has 2 fully saturated rings. The van der Waals surface area contributed by atoms with Crippen molar-refractivity contribution in [3.05, 3.63) is 0 Å². The normalized spacial score (nSPS) is 26.9. The molecule has 2 saturated heterocycles. The molecule has 2 rings (SSSR count). The molecule has 0 aromatic carbocycles. The minimum Gasteiger partial charge on any atom is -0.283 e. The van der Waals surface area contributed by atoms with Crippen LogP contribution in [0.25, 0.3) is 0 Å². The Balaban J connectivity index is 2.05. The van der Waals surface area contributed by atoms with Gasteiger partial charge in [-0.05, 0) is 25.7 Å². The highest BCUT2D eigenvalue weighted by atomic mass is 32.2. The van der Waals surface area contributed by atoms with E-state index in [1.165, 1.54) is 4.31 Å². The van der Waals surface area contributed by atoms with Gasteiger partial charge in [-0.2, -0.15) is 12.7 Å².